The molecule has 8 nitrogen and oxygen atoms in total. The van der Waals surface area contributed by atoms with Gasteiger partial charge in [0.05, 0.1) is 18.7 Å². The minimum atomic E-state index is -0.681. The van der Waals surface area contributed by atoms with Gasteiger partial charge in [0.15, 0.2) is 5.78 Å². The molecule has 3 aliphatic rings. The number of hydrogen-bond donors (Lipinski definition) is 2. The predicted molar refractivity (Wildman–Crippen MR) is 145 cm³/mol. The molecule has 1 saturated heterocycles. The van der Waals surface area contributed by atoms with Gasteiger partial charge in [-0.3, -0.25) is 9.59 Å². The Bertz CT molecular complexity index is 1380. The number of nitrogens with zero attached hydrogens (tertiary/aromatic N) is 1. The Morgan fingerprint density at radius 3 is 2.67 bits per heavy atom. The highest BCUT2D eigenvalue weighted by Crippen LogP contribution is 2.47. The number of esters is 1. The second kappa shape index (κ2) is 11.0. The molecule has 39 heavy (non-hydrogen) atoms. The summed E-state index contributed by atoms with van der Waals surface area (Å²) in [5, 5.41) is 13.6. The predicted octanol–water partition coefficient (Wildman–Crippen LogP) is 4.32. The second-order valence-corrected chi connectivity index (χ2v) is 10.5. The number of hydrogen-bond acceptors (Lipinski definition) is 7. The van der Waals surface area contributed by atoms with Gasteiger partial charge in [0.25, 0.3) is 0 Å². The zero-order chi connectivity index (χ0) is 27.7. The zero-order valence-electron chi connectivity index (χ0n) is 22.5. The van der Waals surface area contributed by atoms with Gasteiger partial charge in [-0.1, -0.05) is 30.3 Å². The normalized spacial score (nSPS) is 22.9. The summed E-state index contributed by atoms with van der Waals surface area (Å²) >= 11 is 0. The summed E-state index contributed by atoms with van der Waals surface area (Å²) < 4.78 is 11.4. The molecule has 0 spiro atoms. The molecule has 2 aromatic carbocycles. The average molecular weight is 531 g/mol. The number of nitrogens with one attached hydrogen (secondary N) is 1. The maximum absolute atomic E-state index is 13.8. The van der Waals surface area contributed by atoms with E-state index >= 15 is 0 Å². The minimum absolute atomic E-state index is 0.0342. The smallest absolute Gasteiger partial charge is 0.336 e. The fraction of sp³-hybridized carbons (Fsp3) is 0.387. The molecule has 1 aliphatic carbocycles. The molecule has 2 N–H and O–H groups in total. The molecular formula is C31H34N2O6. The van der Waals surface area contributed by atoms with Crippen molar-refractivity contribution in [3.8, 4) is 11.5 Å². The molecule has 8 heteroatoms. The first-order valence-corrected chi connectivity index (χ1v) is 13.4. The number of para-hydroxylation sites is 1. The van der Waals surface area contributed by atoms with Crippen molar-refractivity contribution >= 4 is 17.7 Å². The Balaban J connectivity index is 1.48. The summed E-state index contributed by atoms with van der Waals surface area (Å²) in [6, 6.07) is 14.2. The van der Waals surface area contributed by atoms with Crippen molar-refractivity contribution in [1.29, 1.82) is 0 Å². The molecule has 0 saturated carbocycles. The number of phenols is 1. The maximum Gasteiger partial charge on any atom is 0.336 e. The van der Waals surface area contributed by atoms with Crippen LogP contribution in [0.2, 0.25) is 0 Å². The van der Waals surface area contributed by atoms with Gasteiger partial charge in [0.1, 0.15) is 18.1 Å². The highest BCUT2D eigenvalue weighted by molar-refractivity contribution is 6.04. The minimum Gasteiger partial charge on any atom is -0.508 e. The van der Waals surface area contributed by atoms with Gasteiger partial charge in [-0.05, 0) is 55.5 Å². The lowest BCUT2D eigenvalue weighted by Gasteiger charge is -2.37. The Labute approximate surface area is 228 Å². The molecule has 3 unspecified atom stereocenters. The van der Waals surface area contributed by atoms with Crippen LogP contribution in [-0.2, 0) is 19.1 Å². The second-order valence-electron chi connectivity index (χ2n) is 10.5. The number of amides is 1. The van der Waals surface area contributed by atoms with Crippen molar-refractivity contribution in [2.45, 2.75) is 57.4 Å². The van der Waals surface area contributed by atoms with Crippen molar-refractivity contribution in [2.75, 3.05) is 20.3 Å². The molecule has 2 heterocycles. The van der Waals surface area contributed by atoms with E-state index in [0.717, 1.165) is 29.9 Å². The average Bonchev–Trinajstić information content (AvgIpc) is 3.40. The highest BCUT2D eigenvalue weighted by atomic mass is 16.5. The molecule has 0 aromatic heterocycles. The van der Waals surface area contributed by atoms with E-state index in [9.17, 15) is 19.5 Å². The van der Waals surface area contributed by atoms with Crippen LogP contribution in [0.15, 0.2) is 71.1 Å². The van der Waals surface area contributed by atoms with Crippen molar-refractivity contribution in [1.82, 2.24) is 10.2 Å². The summed E-state index contributed by atoms with van der Waals surface area (Å²) in [6.07, 6.45) is 2.49. The van der Waals surface area contributed by atoms with E-state index in [-0.39, 0.29) is 42.4 Å². The molecule has 204 valence electrons. The van der Waals surface area contributed by atoms with Crippen molar-refractivity contribution in [3.63, 3.8) is 0 Å². The van der Waals surface area contributed by atoms with Crippen LogP contribution in [0, 0.1) is 0 Å². The Hall–Kier alpha value is -4.07. The molecule has 1 fully saturated rings. The third-order valence-corrected chi connectivity index (χ3v) is 8.02. The SMILES string of the molecule is COc1ccccc1C1CC(=O)C2=C(C1)NC(C)=C(C(=O)OCC1CCCN1C(C)=O)C2c1cccc(O)c1. The summed E-state index contributed by atoms with van der Waals surface area (Å²) in [5.41, 5.74) is 3.85. The molecule has 0 bridgehead atoms. The maximum atomic E-state index is 13.8. The van der Waals surface area contributed by atoms with E-state index < -0.39 is 11.9 Å². The topological polar surface area (TPSA) is 105 Å². The number of likely N-dealkylation sites (tertiary alicyclic amines) is 1. The van der Waals surface area contributed by atoms with Crippen LogP contribution in [0.3, 0.4) is 0 Å². The van der Waals surface area contributed by atoms with Crippen molar-refractivity contribution < 1.29 is 29.0 Å². The summed E-state index contributed by atoms with van der Waals surface area (Å²) in [4.78, 5) is 41.2. The number of aromatic hydroxyl groups is 1. The molecule has 2 aromatic rings. The molecule has 1 amide bonds. The zero-order valence-corrected chi connectivity index (χ0v) is 22.5. The van der Waals surface area contributed by atoms with E-state index in [1.54, 1.807) is 30.2 Å². The van der Waals surface area contributed by atoms with Gasteiger partial charge in [0, 0.05) is 48.7 Å². The summed E-state index contributed by atoms with van der Waals surface area (Å²) in [7, 11) is 1.62. The number of phenolic OH excluding ortho intramolecular Hbond substituents is 1. The number of carbonyl (C=O) groups excluding carboxylic acids is 3. The lowest BCUT2D eigenvalue weighted by molar-refractivity contribution is -0.143. The van der Waals surface area contributed by atoms with Crippen LogP contribution in [0.25, 0.3) is 0 Å². The van der Waals surface area contributed by atoms with E-state index in [1.165, 1.54) is 6.92 Å². The number of rotatable bonds is 6. The lowest BCUT2D eigenvalue weighted by atomic mass is 9.71. The molecule has 3 atom stereocenters. The van der Waals surface area contributed by atoms with Crippen LogP contribution >= 0.6 is 0 Å². The molecule has 5 rings (SSSR count). The monoisotopic (exact) mass is 530 g/mol. The van der Waals surface area contributed by atoms with E-state index in [2.05, 4.69) is 5.32 Å². The number of dihydropyridines is 1. The van der Waals surface area contributed by atoms with Gasteiger partial charge >= 0.3 is 5.97 Å². The van der Waals surface area contributed by atoms with Crippen LogP contribution in [0.4, 0.5) is 0 Å². The highest BCUT2D eigenvalue weighted by Gasteiger charge is 2.42. The Kier molecular flexibility index (Phi) is 7.46. The van der Waals surface area contributed by atoms with Crippen molar-refractivity contribution in [2.24, 2.45) is 0 Å². The number of ether oxygens (including phenoxy) is 2. The van der Waals surface area contributed by atoms with Crippen LogP contribution in [0.5, 0.6) is 11.5 Å². The van der Waals surface area contributed by atoms with E-state index in [0.29, 0.717) is 35.4 Å². The Morgan fingerprint density at radius 1 is 1.13 bits per heavy atom. The first-order valence-electron chi connectivity index (χ1n) is 13.4. The third kappa shape index (κ3) is 5.15. The van der Waals surface area contributed by atoms with Gasteiger partial charge in [-0.25, -0.2) is 4.79 Å². The Morgan fingerprint density at radius 2 is 1.92 bits per heavy atom. The molecule has 0 radical (unpaired) electrons. The van der Waals surface area contributed by atoms with Crippen LogP contribution < -0.4 is 10.1 Å². The number of allylic oxidation sites excluding steroid dienone is 3. The molecular weight excluding hydrogens is 496 g/mol. The van der Waals surface area contributed by atoms with E-state index in [4.69, 9.17) is 9.47 Å². The van der Waals surface area contributed by atoms with Gasteiger partial charge in [-0.2, -0.15) is 0 Å². The van der Waals surface area contributed by atoms with Crippen LogP contribution in [0.1, 0.15) is 62.5 Å². The fourth-order valence-electron chi connectivity index (χ4n) is 6.24. The standard InChI is InChI=1S/C31H34N2O6/c1-18-28(31(37)39-17-22-9-7-13-33(22)19(2)34)29(20-8-6-10-23(35)14-20)30-25(32-18)15-21(16-26(30)36)24-11-4-5-12-27(24)38-3/h4-6,8,10-12,14,21-22,29,32,35H,7,9,13,15-17H2,1-3H3. The van der Waals surface area contributed by atoms with Gasteiger partial charge in [0.2, 0.25) is 5.91 Å². The first-order chi connectivity index (χ1) is 18.8. The van der Waals surface area contributed by atoms with Crippen molar-refractivity contribution in [3.05, 3.63) is 82.2 Å². The van der Waals surface area contributed by atoms with Gasteiger partial charge < -0.3 is 24.8 Å². The third-order valence-electron chi connectivity index (χ3n) is 8.02. The van der Waals surface area contributed by atoms with Crippen LogP contribution in [-0.4, -0.2) is 54.0 Å². The fourth-order valence-corrected chi connectivity index (χ4v) is 6.24. The quantitative estimate of drug-likeness (QED) is 0.536. The number of benzene rings is 2. The first kappa shape index (κ1) is 26.5. The summed E-state index contributed by atoms with van der Waals surface area (Å²) in [6.45, 7) is 4.09. The lowest BCUT2D eigenvalue weighted by Crippen LogP contribution is -2.39. The number of methoxy groups -OCH3 is 1. The van der Waals surface area contributed by atoms with E-state index in [1.807, 2.05) is 37.3 Å². The molecule has 2 aliphatic heterocycles. The number of Topliss-reactive ketones (excluding diaryl/α,β-unsaturated/α-hetero) is 1. The number of ketones is 1. The van der Waals surface area contributed by atoms with Gasteiger partial charge in [-0.15, -0.1) is 0 Å². The summed E-state index contributed by atoms with van der Waals surface area (Å²) in [5.74, 6) is -0.600. The largest absolute Gasteiger partial charge is 0.508 e. The number of carbonyl (C=O) groups is 3.